The fourth-order valence-corrected chi connectivity index (χ4v) is 3.92. The lowest BCUT2D eigenvalue weighted by Crippen LogP contribution is -2.52. The second-order valence-corrected chi connectivity index (χ2v) is 7.51. The van der Waals surface area contributed by atoms with Gasteiger partial charge >= 0.3 is 0 Å². The third-order valence-corrected chi connectivity index (χ3v) is 5.53. The Labute approximate surface area is 159 Å². The van der Waals surface area contributed by atoms with Crippen molar-refractivity contribution in [2.75, 3.05) is 31.5 Å². The first-order valence-electron chi connectivity index (χ1n) is 9.07. The summed E-state index contributed by atoms with van der Waals surface area (Å²) in [6.07, 6.45) is 2.56. The molecule has 6 heteroatoms. The summed E-state index contributed by atoms with van der Waals surface area (Å²) in [5.74, 6) is 0.186. The molecule has 2 aliphatic heterocycles. The summed E-state index contributed by atoms with van der Waals surface area (Å²) in [5.41, 5.74) is 4.49. The quantitative estimate of drug-likeness (QED) is 0.902. The van der Waals surface area contributed by atoms with Crippen LogP contribution in [0.25, 0.3) is 0 Å². The molecule has 0 spiro atoms. The van der Waals surface area contributed by atoms with E-state index in [-0.39, 0.29) is 11.9 Å². The number of carbonyl (C=O) groups excluding carboxylic acids is 1. The third-order valence-electron chi connectivity index (χ3n) is 5.29. The Morgan fingerprint density at radius 2 is 2.08 bits per heavy atom. The fourth-order valence-electron chi connectivity index (χ4n) is 3.72. The van der Waals surface area contributed by atoms with E-state index in [2.05, 4.69) is 28.2 Å². The molecule has 5 nitrogen and oxygen atoms in total. The molecule has 1 atom stereocenters. The number of anilines is 1. The average molecular weight is 371 g/mol. The van der Waals surface area contributed by atoms with Crippen molar-refractivity contribution in [3.05, 3.63) is 58.4 Å². The Bertz CT molecular complexity index is 817. The smallest absolute Gasteiger partial charge is 0.245 e. The number of nitrogens with one attached hydrogen (secondary N) is 1. The molecule has 1 amide bonds. The topological polar surface area (TPSA) is 48.5 Å². The summed E-state index contributed by atoms with van der Waals surface area (Å²) in [7, 11) is 0. The van der Waals surface area contributed by atoms with Gasteiger partial charge in [0.15, 0.2) is 0 Å². The molecular formula is C20H23ClN4O. The van der Waals surface area contributed by atoms with Gasteiger partial charge in [0.25, 0.3) is 0 Å². The number of amides is 1. The van der Waals surface area contributed by atoms with Crippen molar-refractivity contribution >= 4 is 23.2 Å². The van der Waals surface area contributed by atoms with Crippen LogP contribution in [0.3, 0.4) is 0 Å². The molecule has 4 rings (SSSR count). The number of fused-ring (bicyclic) bond motifs is 1. The molecule has 0 saturated carbocycles. The first-order chi connectivity index (χ1) is 12.6. The largest absolute Gasteiger partial charge is 0.373 e. The number of aromatic nitrogens is 1. The molecule has 1 aromatic heterocycles. The van der Waals surface area contributed by atoms with Crippen molar-refractivity contribution in [1.29, 1.82) is 0 Å². The van der Waals surface area contributed by atoms with E-state index in [0.29, 0.717) is 6.42 Å². The van der Waals surface area contributed by atoms with Crippen LogP contribution in [0, 0.1) is 6.92 Å². The van der Waals surface area contributed by atoms with Gasteiger partial charge in [-0.3, -0.25) is 14.7 Å². The van der Waals surface area contributed by atoms with Crippen molar-refractivity contribution in [3.63, 3.8) is 0 Å². The molecule has 3 heterocycles. The lowest BCUT2D eigenvalue weighted by atomic mass is 10.1. The molecule has 1 N–H and O–H groups in total. The van der Waals surface area contributed by atoms with Crippen molar-refractivity contribution in [1.82, 2.24) is 14.8 Å². The zero-order valence-corrected chi connectivity index (χ0v) is 15.7. The van der Waals surface area contributed by atoms with Crippen LogP contribution in [0.15, 0.2) is 36.5 Å². The number of nitrogens with zero attached hydrogens (tertiary/aromatic N) is 3. The second-order valence-electron chi connectivity index (χ2n) is 7.07. The van der Waals surface area contributed by atoms with Crippen LogP contribution in [0.4, 0.5) is 5.69 Å². The number of rotatable bonds is 3. The Morgan fingerprint density at radius 1 is 1.27 bits per heavy atom. The van der Waals surface area contributed by atoms with Crippen LogP contribution in [0.2, 0.25) is 5.02 Å². The van der Waals surface area contributed by atoms with Gasteiger partial charge in [0.1, 0.15) is 6.04 Å². The van der Waals surface area contributed by atoms with Gasteiger partial charge < -0.3 is 10.2 Å². The van der Waals surface area contributed by atoms with Crippen LogP contribution < -0.4 is 5.32 Å². The Morgan fingerprint density at radius 3 is 2.85 bits per heavy atom. The number of piperazine rings is 1. The average Bonchev–Trinajstić information content (AvgIpc) is 3.07. The van der Waals surface area contributed by atoms with Gasteiger partial charge in [0.05, 0.1) is 5.69 Å². The SMILES string of the molecule is Cc1cccnc1CN1CCN(C(=O)C2Cc3cc(Cl)ccc3N2)CC1. The normalized spacial score (nSPS) is 19.9. The molecule has 0 bridgehead atoms. The number of benzene rings is 1. The van der Waals surface area contributed by atoms with Crippen molar-refractivity contribution in [3.8, 4) is 0 Å². The van der Waals surface area contributed by atoms with Gasteiger partial charge in [-0.05, 0) is 42.3 Å². The molecule has 0 aliphatic carbocycles. The van der Waals surface area contributed by atoms with E-state index in [1.54, 1.807) is 0 Å². The summed E-state index contributed by atoms with van der Waals surface area (Å²) in [5, 5.41) is 4.06. The zero-order chi connectivity index (χ0) is 18.1. The summed E-state index contributed by atoms with van der Waals surface area (Å²) in [6.45, 7) is 6.23. The minimum atomic E-state index is -0.173. The second kappa shape index (κ2) is 7.25. The molecule has 26 heavy (non-hydrogen) atoms. The Balaban J connectivity index is 1.32. The summed E-state index contributed by atoms with van der Waals surface area (Å²) < 4.78 is 0. The van der Waals surface area contributed by atoms with E-state index < -0.39 is 0 Å². The Kier molecular flexibility index (Phi) is 4.83. The molecule has 1 saturated heterocycles. The highest BCUT2D eigenvalue weighted by Gasteiger charge is 2.32. The maximum Gasteiger partial charge on any atom is 0.245 e. The highest BCUT2D eigenvalue weighted by molar-refractivity contribution is 6.30. The molecule has 1 unspecified atom stereocenters. The number of pyridine rings is 1. The van der Waals surface area contributed by atoms with Gasteiger partial charge in [-0.2, -0.15) is 0 Å². The minimum Gasteiger partial charge on any atom is -0.373 e. The maximum absolute atomic E-state index is 12.9. The molecule has 136 valence electrons. The van der Waals surface area contributed by atoms with Crippen LogP contribution in [-0.2, 0) is 17.8 Å². The monoisotopic (exact) mass is 370 g/mol. The van der Waals surface area contributed by atoms with E-state index >= 15 is 0 Å². The molecule has 2 aliphatic rings. The van der Waals surface area contributed by atoms with Crippen molar-refractivity contribution in [2.45, 2.75) is 25.9 Å². The van der Waals surface area contributed by atoms with E-state index in [4.69, 9.17) is 11.6 Å². The molecule has 1 aromatic carbocycles. The van der Waals surface area contributed by atoms with Crippen LogP contribution >= 0.6 is 11.6 Å². The zero-order valence-electron chi connectivity index (χ0n) is 14.9. The van der Waals surface area contributed by atoms with Crippen LogP contribution in [-0.4, -0.2) is 52.9 Å². The molecule has 2 aromatic rings. The van der Waals surface area contributed by atoms with E-state index in [0.717, 1.165) is 54.7 Å². The highest BCUT2D eigenvalue weighted by Crippen LogP contribution is 2.29. The molecule has 1 fully saturated rings. The lowest BCUT2D eigenvalue weighted by Gasteiger charge is -2.36. The van der Waals surface area contributed by atoms with Gasteiger partial charge in [-0.1, -0.05) is 17.7 Å². The van der Waals surface area contributed by atoms with E-state index in [1.165, 1.54) is 5.56 Å². The predicted molar refractivity (Wildman–Crippen MR) is 103 cm³/mol. The number of halogens is 1. The Hall–Kier alpha value is -2.11. The summed E-state index contributed by atoms with van der Waals surface area (Å²) in [4.78, 5) is 21.7. The first kappa shape index (κ1) is 17.3. The predicted octanol–water partition coefficient (Wildman–Crippen LogP) is 2.72. The minimum absolute atomic E-state index is 0.173. The molecule has 0 radical (unpaired) electrons. The van der Waals surface area contributed by atoms with Gasteiger partial charge in [-0.15, -0.1) is 0 Å². The highest BCUT2D eigenvalue weighted by atomic mass is 35.5. The number of hydrogen-bond donors (Lipinski definition) is 1. The molecular weight excluding hydrogens is 348 g/mol. The first-order valence-corrected chi connectivity index (χ1v) is 9.44. The number of hydrogen-bond acceptors (Lipinski definition) is 4. The van der Waals surface area contributed by atoms with Crippen molar-refractivity contribution in [2.24, 2.45) is 0 Å². The van der Waals surface area contributed by atoms with Gasteiger partial charge in [-0.25, -0.2) is 0 Å². The van der Waals surface area contributed by atoms with E-state index in [1.807, 2.05) is 35.4 Å². The van der Waals surface area contributed by atoms with Crippen LogP contribution in [0.5, 0.6) is 0 Å². The summed E-state index contributed by atoms with van der Waals surface area (Å²) >= 11 is 6.06. The van der Waals surface area contributed by atoms with Crippen LogP contribution in [0.1, 0.15) is 16.8 Å². The summed E-state index contributed by atoms with van der Waals surface area (Å²) in [6, 6.07) is 9.65. The van der Waals surface area contributed by atoms with Crippen molar-refractivity contribution < 1.29 is 4.79 Å². The van der Waals surface area contributed by atoms with Gasteiger partial charge in [0, 0.05) is 56.1 Å². The lowest BCUT2D eigenvalue weighted by molar-refractivity contribution is -0.133. The number of aryl methyl sites for hydroxylation is 1. The third kappa shape index (κ3) is 3.55. The fraction of sp³-hybridized carbons (Fsp3) is 0.400. The number of carbonyl (C=O) groups is 1. The maximum atomic E-state index is 12.9. The van der Waals surface area contributed by atoms with E-state index in [9.17, 15) is 4.79 Å². The standard InChI is InChI=1S/C20H23ClN4O/c1-14-3-2-6-22-19(14)13-24-7-9-25(10-8-24)20(26)18-12-15-11-16(21)4-5-17(15)23-18/h2-6,11,18,23H,7-10,12-13H2,1H3. The van der Waals surface area contributed by atoms with Gasteiger partial charge in [0.2, 0.25) is 5.91 Å².